The van der Waals surface area contributed by atoms with Crippen molar-refractivity contribution < 1.29 is 17.9 Å². The number of ether oxygens (including phenoxy) is 1. The zero-order valence-corrected chi connectivity index (χ0v) is 13.9. The Balaban J connectivity index is 0.00000161. The first-order valence-electron chi connectivity index (χ1n) is 6.40. The number of halogens is 1. The molecule has 0 aliphatic carbocycles. The molecule has 1 aromatic heterocycles. The highest BCUT2D eigenvalue weighted by Crippen LogP contribution is 2.33. The molecule has 21 heavy (non-hydrogen) atoms. The van der Waals surface area contributed by atoms with Gasteiger partial charge in [0.1, 0.15) is 9.77 Å². The van der Waals surface area contributed by atoms with Crippen LogP contribution < -0.4 is 5.32 Å². The maximum atomic E-state index is 12.7. The summed E-state index contributed by atoms with van der Waals surface area (Å²) in [4.78, 5) is 11.9. The minimum atomic E-state index is -3.61. The minimum absolute atomic E-state index is 0. The normalized spacial score (nSPS) is 25.4. The summed E-state index contributed by atoms with van der Waals surface area (Å²) in [6.45, 7) is 2.78. The maximum Gasteiger partial charge on any atom is 0.349 e. The van der Waals surface area contributed by atoms with Gasteiger partial charge in [0.2, 0.25) is 10.0 Å². The molecule has 1 aromatic rings. The summed E-state index contributed by atoms with van der Waals surface area (Å²) < 4.78 is 31.5. The lowest BCUT2D eigenvalue weighted by atomic mass is 10.0. The highest BCUT2D eigenvalue weighted by Gasteiger charge is 2.42. The van der Waals surface area contributed by atoms with Crippen LogP contribution in [-0.4, -0.2) is 52.0 Å². The number of carbonyl (C=O) groups excluding carboxylic acids is 1. The first-order chi connectivity index (χ1) is 9.54. The van der Waals surface area contributed by atoms with Crippen molar-refractivity contribution in [2.75, 3.05) is 33.3 Å². The molecule has 6 nitrogen and oxygen atoms in total. The lowest BCUT2D eigenvalue weighted by molar-refractivity contribution is 0.0602. The van der Waals surface area contributed by atoms with E-state index in [9.17, 15) is 13.2 Å². The number of nitrogens with zero attached hydrogens (tertiary/aromatic N) is 1. The SMILES string of the molecule is COC(=O)c1sccc1S(=O)(=O)N1C[C@H]2CNC[C@H]2C1.Cl. The van der Waals surface area contributed by atoms with Crippen molar-refractivity contribution in [3.8, 4) is 0 Å². The van der Waals surface area contributed by atoms with Crippen molar-refractivity contribution >= 4 is 39.7 Å². The van der Waals surface area contributed by atoms with E-state index in [0.717, 1.165) is 24.4 Å². The predicted octanol–water partition coefficient (Wildman–Crippen LogP) is 0.796. The standard InChI is InChI=1S/C12H16N2O4S2.ClH/c1-18-12(15)11-10(2-3-19-11)20(16,17)14-6-8-4-13-5-9(8)7-14;/h2-3,8-9,13H,4-7H2,1H3;1H/t8-,9+;. The quantitative estimate of drug-likeness (QED) is 0.814. The molecule has 0 bridgehead atoms. The summed E-state index contributed by atoms with van der Waals surface area (Å²) in [5.41, 5.74) is 0. The third kappa shape index (κ3) is 2.83. The van der Waals surface area contributed by atoms with E-state index < -0.39 is 16.0 Å². The first-order valence-corrected chi connectivity index (χ1v) is 8.72. The number of nitrogens with one attached hydrogen (secondary N) is 1. The van der Waals surface area contributed by atoms with Gasteiger partial charge in [-0.2, -0.15) is 4.31 Å². The zero-order chi connectivity index (χ0) is 14.3. The number of sulfonamides is 1. The zero-order valence-electron chi connectivity index (χ0n) is 11.4. The van der Waals surface area contributed by atoms with Crippen LogP contribution in [0.4, 0.5) is 0 Å². The van der Waals surface area contributed by atoms with Crippen LogP contribution in [0.5, 0.6) is 0 Å². The summed E-state index contributed by atoms with van der Waals surface area (Å²) >= 11 is 1.10. The Labute approximate surface area is 133 Å². The smallest absolute Gasteiger partial charge is 0.349 e. The Morgan fingerprint density at radius 2 is 2.00 bits per heavy atom. The molecule has 0 spiro atoms. The van der Waals surface area contributed by atoms with Gasteiger partial charge in [-0.3, -0.25) is 0 Å². The number of carbonyl (C=O) groups is 1. The van der Waals surface area contributed by atoms with E-state index in [-0.39, 0.29) is 22.2 Å². The van der Waals surface area contributed by atoms with Gasteiger partial charge in [-0.1, -0.05) is 0 Å². The van der Waals surface area contributed by atoms with E-state index in [1.165, 1.54) is 17.5 Å². The van der Waals surface area contributed by atoms with E-state index >= 15 is 0 Å². The second-order valence-electron chi connectivity index (χ2n) is 5.11. The number of esters is 1. The molecule has 9 heteroatoms. The van der Waals surface area contributed by atoms with Gasteiger partial charge in [-0.05, 0) is 36.4 Å². The minimum Gasteiger partial charge on any atom is -0.465 e. The summed E-state index contributed by atoms with van der Waals surface area (Å²) in [5.74, 6) is 0.162. The average Bonchev–Trinajstić information content (AvgIpc) is 3.11. The van der Waals surface area contributed by atoms with Gasteiger partial charge < -0.3 is 10.1 Å². The van der Waals surface area contributed by atoms with Crippen molar-refractivity contribution in [3.05, 3.63) is 16.3 Å². The molecule has 2 fully saturated rings. The Morgan fingerprint density at radius 1 is 1.38 bits per heavy atom. The number of fused-ring (bicyclic) bond motifs is 1. The third-order valence-corrected chi connectivity index (χ3v) is 6.87. The first kappa shape index (κ1) is 16.7. The molecule has 3 rings (SSSR count). The number of hydrogen-bond donors (Lipinski definition) is 1. The highest BCUT2D eigenvalue weighted by atomic mass is 35.5. The molecule has 0 radical (unpaired) electrons. The second kappa shape index (κ2) is 6.21. The fraction of sp³-hybridized carbons (Fsp3) is 0.583. The van der Waals surface area contributed by atoms with Crippen LogP contribution in [0.15, 0.2) is 16.3 Å². The average molecular weight is 353 g/mol. The van der Waals surface area contributed by atoms with E-state index in [1.54, 1.807) is 5.38 Å². The maximum absolute atomic E-state index is 12.7. The van der Waals surface area contributed by atoms with E-state index in [4.69, 9.17) is 0 Å². The molecule has 0 aromatic carbocycles. The molecule has 3 heterocycles. The van der Waals surface area contributed by atoms with Crippen LogP contribution >= 0.6 is 23.7 Å². The van der Waals surface area contributed by atoms with Crippen molar-refractivity contribution in [3.63, 3.8) is 0 Å². The number of methoxy groups -OCH3 is 1. The van der Waals surface area contributed by atoms with Crippen molar-refractivity contribution in [1.82, 2.24) is 9.62 Å². The fourth-order valence-corrected chi connectivity index (χ4v) is 5.75. The molecule has 2 aliphatic heterocycles. The summed E-state index contributed by atoms with van der Waals surface area (Å²) in [6, 6.07) is 1.48. The third-order valence-electron chi connectivity index (χ3n) is 3.97. The predicted molar refractivity (Wildman–Crippen MR) is 81.5 cm³/mol. The number of rotatable bonds is 3. The molecule has 118 valence electrons. The van der Waals surface area contributed by atoms with Gasteiger partial charge in [0.05, 0.1) is 7.11 Å². The molecule has 0 unspecified atom stereocenters. The number of thiophene rings is 1. The van der Waals surface area contributed by atoms with Crippen LogP contribution in [0.2, 0.25) is 0 Å². The van der Waals surface area contributed by atoms with Crippen LogP contribution in [0.3, 0.4) is 0 Å². The summed E-state index contributed by atoms with van der Waals surface area (Å²) in [6.07, 6.45) is 0. The molecular weight excluding hydrogens is 336 g/mol. The summed E-state index contributed by atoms with van der Waals surface area (Å²) in [7, 11) is -2.35. The lowest BCUT2D eigenvalue weighted by Crippen LogP contribution is -2.32. The van der Waals surface area contributed by atoms with Crippen LogP contribution in [0, 0.1) is 11.8 Å². The highest BCUT2D eigenvalue weighted by molar-refractivity contribution is 7.89. The van der Waals surface area contributed by atoms with Gasteiger partial charge in [-0.25, -0.2) is 13.2 Å². The van der Waals surface area contributed by atoms with Gasteiger partial charge >= 0.3 is 5.97 Å². The molecular formula is C12H17ClN2O4S2. The van der Waals surface area contributed by atoms with E-state index in [0.29, 0.717) is 24.9 Å². The molecule has 0 saturated carbocycles. The van der Waals surface area contributed by atoms with Gasteiger partial charge in [-0.15, -0.1) is 23.7 Å². The lowest BCUT2D eigenvalue weighted by Gasteiger charge is -2.17. The number of hydrogen-bond acceptors (Lipinski definition) is 6. The Morgan fingerprint density at radius 3 is 2.57 bits per heavy atom. The molecule has 2 atom stereocenters. The van der Waals surface area contributed by atoms with E-state index in [1.807, 2.05) is 0 Å². The Kier molecular flexibility index (Phi) is 4.94. The van der Waals surface area contributed by atoms with Gasteiger partial charge in [0.25, 0.3) is 0 Å². The van der Waals surface area contributed by atoms with Crippen LogP contribution in [0.1, 0.15) is 9.67 Å². The van der Waals surface area contributed by atoms with Crippen molar-refractivity contribution in [1.29, 1.82) is 0 Å². The molecule has 2 aliphatic rings. The van der Waals surface area contributed by atoms with Crippen molar-refractivity contribution in [2.24, 2.45) is 11.8 Å². The summed E-state index contributed by atoms with van der Waals surface area (Å²) in [5, 5.41) is 4.88. The van der Waals surface area contributed by atoms with Crippen LogP contribution in [-0.2, 0) is 14.8 Å². The Hall–Kier alpha value is -0.670. The molecule has 0 amide bonds. The molecule has 1 N–H and O–H groups in total. The van der Waals surface area contributed by atoms with Gasteiger partial charge in [0, 0.05) is 13.1 Å². The van der Waals surface area contributed by atoms with Crippen molar-refractivity contribution in [2.45, 2.75) is 4.90 Å². The molecule has 2 saturated heterocycles. The largest absolute Gasteiger partial charge is 0.465 e. The van der Waals surface area contributed by atoms with Crippen LogP contribution in [0.25, 0.3) is 0 Å². The van der Waals surface area contributed by atoms with Gasteiger partial charge in [0.15, 0.2) is 0 Å². The fourth-order valence-electron chi connectivity index (χ4n) is 2.89. The Bertz CT molecular complexity index is 619. The topological polar surface area (TPSA) is 75.7 Å². The second-order valence-corrected chi connectivity index (χ2v) is 7.93. The van der Waals surface area contributed by atoms with E-state index in [2.05, 4.69) is 10.1 Å². The monoisotopic (exact) mass is 352 g/mol.